The maximum Gasteiger partial charge on any atom is 0.255 e. The molecule has 0 atom stereocenters. The maximum atomic E-state index is 12.4. The molecule has 0 unspecified atom stereocenters. The van der Waals surface area contributed by atoms with E-state index in [1.807, 2.05) is 18.2 Å². The number of benzene rings is 2. The lowest BCUT2D eigenvalue weighted by Gasteiger charge is -2.13. The highest BCUT2D eigenvalue weighted by Crippen LogP contribution is 2.29. The van der Waals surface area contributed by atoms with Crippen molar-refractivity contribution in [2.45, 2.75) is 6.42 Å². The maximum absolute atomic E-state index is 12.4. The quantitative estimate of drug-likeness (QED) is 0.696. The minimum Gasteiger partial charge on any atom is -0.497 e. The van der Waals surface area contributed by atoms with Gasteiger partial charge in [0.05, 0.1) is 37.6 Å². The van der Waals surface area contributed by atoms with Gasteiger partial charge >= 0.3 is 0 Å². The molecule has 0 radical (unpaired) electrons. The molecule has 26 heavy (non-hydrogen) atoms. The van der Waals surface area contributed by atoms with Gasteiger partial charge in [-0.3, -0.25) is 4.79 Å². The summed E-state index contributed by atoms with van der Waals surface area (Å²) in [5.74, 6) is 1.55. The first-order chi connectivity index (χ1) is 12.0. The summed E-state index contributed by atoms with van der Waals surface area (Å²) < 4.78 is 15.8. The number of anilines is 1. The molecule has 142 valence electrons. The van der Waals surface area contributed by atoms with Crippen LogP contribution in [0.15, 0.2) is 30.3 Å². The van der Waals surface area contributed by atoms with Gasteiger partial charge in [-0.05, 0) is 36.2 Å². The van der Waals surface area contributed by atoms with Gasteiger partial charge in [0.1, 0.15) is 17.2 Å². The summed E-state index contributed by atoms with van der Waals surface area (Å²) in [6, 6.07) is 8.56. The van der Waals surface area contributed by atoms with Crippen molar-refractivity contribution < 1.29 is 19.0 Å². The number of hydrogen-bond acceptors (Lipinski definition) is 5. The third-order valence-electron chi connectivity index (χ3n) is 3.73. The molecule has 0 aliphatic rings. The van der Waals surface area contributed by atoms with Crippen LogP contribution in [0, 0.1) is 0 Å². The molecule has 6 nitrogen and oxygen atoms in total. The molecule has 3 N–H and O–H groups in total. The molecular formula is C18H22Cl2N2O4. The Balaban J connectivity index is 0.00000338. The Morgan fingerprint density at radius 2 is 1.77 bits per heavy atom. The van der Waals surface area contributed by atoms with Crippen molar-refractivity contribution in [2.75, 3.05) is 33.6 Å². The smallest absolute Gasteiger partial charge is 0.255 e. The molecule has 8 heteroatoms. The molecule has 0 saturated carbocycles. The lowest BCUT2D eigenvalue weighted by molar-refractivity contribution is 0.0951. The van der Waals surface area contributed by atoms with Crippen LogP contribution < -0.4 is 25.3 Å². The van der Waals surface area contributed by atoms with Gasteiger partial charge in [0.25, 0.3) is 5.91 Å². The van der Waals surface area contributed by atoms with Crippen LogP contribution in [-0.2, 0) is 6.42 Å². The van der Waals surface area contributed by atoms with Crippen molar-refractivity contribution in [1.29, 1.82) is 0 Å². The highest BCUT2D eigenvalue weighted by Gasteiger charge is 2.15. The molecule has 1 amide bonds. The number of methoxy groups -OCH3 is 3. The average molecular weight is 401 g/mol. The van der Waals surface area contributed by atoms with Crippen molar-refractivity contribution in [3.05, 3.63) is 46.5 Å². The zero-order valence-electron chi connectivity index (χ0n) is 14.8. The van der Waals surface area contributed by atoms with Crippen LogP contribution in [0.1, 0.15) is 15.9 Å². The van der Waals surface area contributed by atoms with Crippen molar-refractivity contribution in [1.82, 2.24) is 5.32 Å². The van der Waals surface area contributed by atoms with Gasteiger partial charge in [0.15, 0.2) is 0 Å². The fourth-order valence-electron chi connectivity index (χ4n) is 2.40. The molecule has 0 aliphatic heterocycles. The Labute approximate surface area is 164 Å². The number of halogens is 2. The number of nitrogens with two attached hydrogens (primary N) is 1. The van der Waals surface area contributed by atoms with E-state index in [1.54, 1.807) is 14.2 Å². The molecular weight excluding hydrogens is 379 g/mol. The second-order valence-corrected chi connectivity index (χ2v) is 5.66. The summed E-state index contributed by atoms with van der Waals surface area (Å²) in [6.07, 6.45) is 0.580. The number of nitrogens with one attached hydrogen (secondary N) is 1. The van der Waals surface area contributed by atoms with Crippen LogP contribution >= 0.6 is 24.0 Å². The van der Waals surface area contributed by atoms with Gasteiger partial charge in [0.2, 0.25) is 0 Å². The van der Waals surface area contributed by atoms with Gasteiger partial charge in [-0.15, -0.1) is 12.4 Å². The van der Waals surface area contributed by atoms with Gasteiger partial charge in [-0.2, -0.15) is 0 Å². The highest BCUT2D eigenvalue weighted by molar-refractivity contribution is 6.33. The summed E-state index contributed by atoms with van der Waals surface area (Å²) in [6.45, 7) is 0.410. The Kier molecular flexibility index (Phi) is 8.35. The van der Waals surface area contributed by atoms with E-state index in [9.17, 15) is 4.79 Å². The molecule has 2 aromatic rings. The van der Waals surface area contributed by atoms with E-state index in [0.29, 0.717) is 35.0 Å². The van der Waals surface area contributed by atoms with E-state index in [2.05, 4.69) is 5.32 Å². The highest BCUT2D eigenvalue weighted by atomic mass is 35.5. The number of hydrogen-bond donors (Lipinski definition) is 2. The van der Waals surface area contributed by atoms with E-state index >= 15 is 0 Å². The molecule has 0 aromatic heterocycles. The van der Waals surface area contributed by atoms with Gasteiger partial charge in [-0.25, -0.2) is 0 Å². The van der Waals surface area contributed by atoms with Gasteiger partial charge < -0.3 is 25.3 Å². The first kappa shape index (κ1) is 21.7. The summed E-state index contributed by atoms with van der Waals surface area (Å²) >= 11 is 6.00. The second-order valence-electron chi connectivity index (χ2n) is 5.26. The number of ether oxygens (including phenoxy) is 3. The predicted molar refractivity (Wildman–Crippen MR) is 105 cm³/mol. The fraction of sp³-hybridized carbons (Fsp3) is 0.278. The van der Waals surface area contributed by atoms with Crippen molar-refractivity contribution in [2.24, 2.45) is 0 Å². The number of carbonyl (C=O) groups is 1. The summed E-state index contributed by atoms with van der Waals surface area (Å²) in [7, 11) is 4.68. The van der Waals surface area contributed by atoms with Crippen LogP contribution in [0.25, 0.3) is 0 Å². The molecule has 0 spiro atoms. The first-order valence-corrected chi connectivity index (χ1v) is 8.00. The fourth-order valence-corrected chi connectivity index (χ4v) is 2.56. The molecule has 2 rings (SSSR count). The molecule has 0 saturated heterocycles. The van der Waals surface area contributed by atoms with Crippen LogP contribution in [0.3, 0.4) is 0 Å². The van der Waals surface area contributed by atoms with Crippen molar-refractivity contribution in [3.63, 3.8) is 0 Å². The Morgan fingerprint density at radius 1 is 1.08 bits per heavy atom. The van der Waals surface area contributed by atoms with E-state index in [-0.39, 0.29) is 18.3 Å². The van der Waals surface area contributed by atoms with Crippen LogP contribution in [0.2, 0.25) is 5.02 Å². The Bertz CT molecular complexity index is 769. The second kappa shape index (κ2) is 9.99. The van der Waals surface area contributed by atoms with Crippen molar-refractivity contribution in [3.8, 4) is 17.2 Å². The number of rotatable bonds is 7. The molecule has 2 aromatic carbocycles. The van der Waals surface area contributed by atoms with E-state index < -0.39 is 0 Å². The van der Waals surface area contributed by atoms with E-state index in [1.165, 1.54) is 19.2 Å². The standard InChI is InChI=1S/C18H21ClN2O4.ClH/c1-23-12-4-5-16(24-2)11(8-12)6-7-21-18(22)13-9-14(19)15(20)10-17(13)25-3;/h4-5,8-10H,6-7,20H2,1-3H3,(H,21,22);1H. The van der Waals surface area contributed by atoms with Gasteiger partial charge in [-0.1, -0.05) is 11.6 Å². The number of carbonyl (C=O) groups excluding carboxylic acids is 1. The topological polar surface area (TPSA) is 82.8 Å². The predicted octanol–water partition coefficient (Wildman–Crippen LogP) is 3.34. The normalized spacial score (nSPS) is 9.85. The minimum atomic E-state index is -0.291. The molecule has 0 aliphatic carbocycles. The van der Waals surface area contributed by atoms with Crippen LogP contribution in [0.4, 0.5) is 5.69 Å². The van der Waals surface area contributed by atoms with Crippen LogP contribution in [0.5, 0.6) is 17.2 Å². The van der Waals surface area contributed by atoms with Crippen molar-refractivity contribution >= 4 is 35.6 Å². The first-order valence-electron chi connectivity index (χ1n) is 7.62. The summed E-state index contributed by atoms with van der Waals surface area (Å²) in [5, 5.41) is 3.15. The zero-order valence-corrected chi connectivity index (χ0v) is 16.4. The Morgan fingerprint density at radius 3 is 2.38 bits per heavy atom. The van der Waals surface area contributed by atoms with Crippen LogP contribution in [-0.4, -0.2) is 33.8 Å². The zero-order chi connectivity index (χ0) is 18.4. The number of nitrogen functional groups attached to an aromatic ring is 1. The SMILES string of the molecule is COc1ccc(OC)c(CCNC(=O)c2cc(Cl)c(N)cc2OC)c1.Cl. The minimum absolute atomic E-state index is 0. The monoisotopic (exact) mass is 400 g/mol. The lowest BCUT2D eigenvalue weighted by Crippen LogP contribution is -2.26. The molecule has 0 bridgehead atoms. The Hall–Kier alpha value is -2.31. The third-order valence-corrected chi connectivity index (χ3v) is 4.06. The number of amides is 1. The van der Waals surface area contributed by atoms with Gasteiger partial charge in [0, 0.05) is 12.6 Å². The summed E-state index contributed by atoms with van der Waals surface area (Å²) in [5.41, 5.74) is 7.36. The lowest BCUT2D eigenvalue weighted by atomic mass is 10.1. The summed E-state index contributed by atoms with van der Waals surface area (Å²) in [4.78, 5) is 12.4. The largest absolute Gasteiger partial charge is 0.497 e. The van der Waals surface area contributed by atoms with E-state index in [4.69, 9.17) is 31.5 Å². The molecule has 0 fully saturated rings. The third kappa shape index (κ3) is 5.09. The average Bonchev–Trinajstić information content (AvgIpc) is 2.63. The van der Waals surface area contributed by atoms with E-state index in [0.717, 1.165) is 17.1 Å². The molecule has 0 heterocycles.